The summed E-state index contributed by atoms with van der Waals surface area (Å²) in [5.74, 6) is 0.0655. The van der Waals surface area contributed by atoms with Crippen molar-refractivity contribution in [3.8, 4) is 34.0 Å². The molecule has 33 heavy (non-hydrogen) atoms. The van der Waals surface area contributed by atoms with Crippen molar-refractivity contribution in [2.45, 2.75) is 6.54 Å². The molecule has 0 radical (unpaired) electrons. The molecule has 168 valence electrons. The van der Waals surface area contributed by atoms with Crippen molar-refractivity contribution in [3.05, 3.63) is 88.4 Å². The number of rotatable bonds is 8. The highest BCUT2D eigenvalue weighted by atomic mass is 35.5. The second-order valence-corrected chi connectivity index (χ2v) is 8.09. The second kappa shape index (κ2) is 9.98. The first-order chi connectivity index (χ1) is 15.9. The summed E-state index contributed by atoms with van der Waals surface area (Å²) in [6.07, 6.45) is 0. The van der Waals surface area contributed by atoms with Crippen molar-refractivity contribution in [2.24, 2.45) is 0 Å². The van der Waals surface area contributed by atoms with E-state index in [-0.39, 0.29) is 0 Å². The molecule has 0 aliphatic rings. The van der Waals surface area contributed by atoms with Crippen molar-refractivity contribution in [2.75, 3.05) is 13.7 Å². The van der Waals surface area contributed by atoms with Crippen LogP contribution in [0.1, 0.15) is 5.56 Å². The number of ether oxygens (including phenoxy) is 2. The van der Waals surface area contributed by atoms with Gasteiger partial charge in [0.25, 0.3) is 0 Å². The molecule has 0 bridgehead atoms. The zero-order valence-corrected chi connectivity index (χ0v) is 19.2. The maximum absolute atomic E-state index is 11.0. The maximum atomic E-state index is 11.0. The number of nitrogens with zero attached hydrogens (tertiary/aromatic N) is 2. The quantitative estimate of drug-likeness (QED) is 0.331. The number of para-hydroxylation sites is 1. The van der Waals surface area contributed by atoms with E-state index in [9.17, 15) is 4.79 Å². The highest BCUT2D eigenvalue weighted by Crippen LogP contribution is 2.35. The third-order valence-corrected chi connectivity index (χ3v) is 5.49. The van der Waals surface area contributed by atoms with Crippen LogP contribution in [0.15, 0.2) is 72.8 Å². The minimum atomic E-state index is -1.07. The Hall–Kier alpha value is -3.48. The number of hydrogen-bond donors (Lipinski definition) is 1. The van der Waals surface area contributed by atoms with Gasteiger partial charge in [0.1, 0.15) is 11.5 Å². The number of halogens is 2. The van der Waals surface area contributed by atoms with E-state index in [4.69, 9.17) is 42.9 Å². The third-order valence-electron chi connectivity index (χ3n) is 5.00. The SMILES string of the molecule is COc1ccccc1Cn1nc(-c2cc(Cl)ccc2OCC(=O)O)cc1-c1ccc(Cl)cc1. The van der Waals surface area contributed by atoms with Crippen LogP contribution in [0.5, 0.6) is 11.5 Å². The summed E-state index contributed by atoms with van der Waals surface area (Å²) in [4.78, 5) is 11.0. The monoisotopic (exact) mass is 482 g/mol. The van der Waals surface area contributed by atoms with Gasteiger partial charge in [0, 0.05) is 21.2 Å². The zero-order valence-electron chi connectivity index (χ0n) is 17.7. The van der Waals surface area contributed by atoms with Crippen molar-refractivity contribution in [3.63, 3.8) is 0 Å². The number of carboxylic acids is 1. The molecular formula is C25H20Cl2N2O4. The average Bonchev–Trinajstić information content (AvgIpc) is 3.22. The third kappa shape index (κ3) is 5.30. The molecule has 0 saturated carbocycles. The Morgan fingerprint density at radius 2 is 1.70 bits per heavy atom. The van der Waals surface area contributed by atoms with E-state index in [1.165, 1.54) is 0 Å². The van der Waals surface area contributed by atoms with E-state index in [1.54, 1.807) is 25.3 Å². The van der Waals surface area contributed by atoms with Crippen LogP contribution in [0.4, 0.5) is 0 Å². The summed E-state index contributed by atoms with van der Waals surface area (Å²) in [6.45, 7) is -0.0194. The minimum Gasteiger partial charge on any atom is -0.496 e. The number of benzene rings is 3. The van der Waals surface area contributed by atoms with E-state index in [2.05, 4.69) is 0 Å². The first kappa shape index (κ1) is 22.7. The van der Waals surface area contributed by atoms with Gasteiger partial charge in [0.2, 0.25) is 0 Å². The lowest BCUT2D eigenvalue weighted by Gasteiger charge is -2.11. The van der Waals surface area contributed by atoms with Gasteiger partial charge in [-0.2, -0.15) is 5.10 Å². The van der Waals surface area contributed by atoms with Crippen LogP contribution in [-0.2, 0) is 11.3 Å². The topological polar surface area (TPSA) is 73.6 Å². The predicted molar refractivity (Wildman–Crippen MR) is 128 cm³/mol. The minimum absolute atomic E-state index is 0.381. The fourth-order valence-corrected chi connectivity index (χ4v) is 3.78. The van der Waals surface area contributed by atoms with Gasteiger partial charge >= 0.3 is 5.97 Å². The predicted octanol–water partition coefficient (Wildman–Crippen LogP) is 6.04. The molecule has 0 amide bonds. The van der Waals surface area contributed by atoms with Crippen molar-refractivity contribution in [1.82, 2.24) is 9.78 Å². The fourth-order valence-electron chi connectivity index (χ4n) is 3.48. The Balaban J connectivity index is 1.83. The molecule has 3 aromatic carbocycles. The Labute approximate surface area is 200 Å². The molecule has 0 fully saturated rings. The molecule has 6 nitrogen and oxygen atoms in total. The van der Waals surface area contributed by atoms with E-state index in [0.29, 0.717) is 33.6 Å². The zero-order chi connectivity index (χ0) is 23.4. The van der Waals surface area contributed by atoms with E-state index in [0.717, 1.165) is 22.6 Å². The molecule has 1 N–H and O–H groups in total. The number of carbonyl (C=O) groups is 1. The van der Waals surface area contributed by atoms with Crippen LogP contribution < -0.4 is 9.47 Å². The molecule has 0 aliphatic heterocycles. The van der Waals surface area contributed by atoms with Crippen LogP contribution in [0.25, 0.3) is 22.5 Å². The van der Waals surface area contributed by atoms with Gasteiger partial charge in [-0.05, 0) is 48.0 Å². The van der Waals surface area contributed by atoms with Crippen molar-refractivity contribution >= 4 is 29.2 Å². The average molecular weight is 483 g/mol. The molecule has 4 rings (SSSR count). The number of methoxy groups -OCH3 is 1. The molecule has 0 aliphatic carbocycles. The molecule has 1 heterocycles. The lowest BCUT2D eigenvalue weighted by atomic mass is 10.1. The maximum Gasteiger partial charge on any atom is 0.341 e. The first-order valence-corrected chi connectivity index (χ1v) is 10.8. The summed E-state index contributed by atoms with van der Waals surface area (Å²) in [5.41, 5.74) is 3.91. The highest BCUT2D eigenvalue weighted by Gasteiger charge is 2.17. The Morgan fingerprint density at radius 3 is 2.42 bits per heavy atom. The van der Waals surface area contributed by atoms with Gasteiger partial charge in [-0.15, -0.1) is 0 Å². The number of hydrogen-bond acceptors (Lipinski definition) is 4. The van der Waals surface area contributed by atoms with Crippen LogP contribution in [0.3, 0.4) is 0 Å². The van der Waals surface area contributed by atoms with E-state index < -0.39 is 12.6 Å². The van der Waals surface area contributed by atoms with Gasteiger partial charge in [-0.3, -0.25) is 4.68 Å². The largest absolute Gasteiger partial charge is 0.496 e. The van der Waals surface area contributed by atoms with Gasteiger partial charge in [-0.1, -0.05) is 53.5 Å². The Kier molecular flexibility index (Phi) is 6.87. The van der Waals surface area contributed by atoms with Crippen LogP contribution in [0, 0.1) is 0 Å². The first-order valence-electron chi connectivity index (χ1n) is 10.0. The number of aliphatic carboxylic acids is 1. The molecule has 0 unspecified atom stereocenters. The molecule has 8 heteroatoms. The van der Waals surface area contributed by atoms with Gasteiger partial charge in [-0.25, -0.2) is 4.79 Å². The van der Waals surface area contributed by atoms with Crippen LogP contribution >= 0.6 is 23.2 Å². The lowest BCUT2D eigenvalue weighted by Crippen LogP contribution is -2.10. The normalized spacial score (nSPS) is 10.8. The molecule has 0 atom stereocenters. The lowest BCUT2D eigenvalue weighted by molar-refractivity contribution is -0.139. The Morgan fingerprint density at radius 1 is 0.970 bits per heavy atom. The summed E-state index contributed by atoms with van der Waals surface area (Å²) in [7, 11) is 1.63. The van der Waals surface area contributed by atoms with Crippen molar-refractivity contribution < 1.29 is 19.4 Å². The highest BCUT2D eigenvalue weighted by molar-refractivity contribution is 6.31. The van der Waals surface area contributed by atoms with E-state index >= 15 is 0 Å². The van der Waals surface area contributed by atoms with Crippen LogP contribution in [-0.4, -0.2) is 34.6 Å². The molecule has 4 aromatic rings. The van der Waals surface area contributed by atoms with Crippen LogP contribution in [0.2, 0.25) is 10.0 Å². The van der Waals surface area contributed by atoms with Crippen molar-refractivity contribution in [1.29, 1.82) is 0 Å². The van der Waals surface area contributed by atoms with Gasteiger partial charge < -0.3 is 14.6 Å². The smallest absolute Gasteiger partial charge is 0.341 e. The molecule has 0 saturated heterocycles. The number of carboxylic acid groups (broad SMARTS) is 1. The molecular weight excluding hydrogens is 463 g/mol. The number of aromatic nitrogens is 2. The fraction of sp³-hybridized carbons (Fsp3) is 0.120. The standard InChI is InChI=1S/C25H20Cl2N2O4/c1-32-23-5-3-2-4-17(23)14-29-22(16-6-8-18(26)9-7-16)13-21(28-29)20-12-19(27)10-11-24(20)33-15-25(30)31/h2-13H,14-15H2,1H3,(H,30,31). The Bertz CT molecular complexity index is 1290. The summed E-state index contributed by atoms with van der Waals surface area (Å²) in [6, 6.07) is 22.1. The van der Waals surface area contributed by atoms with Gasteiger partial charge in [0.15, 0.2) is 6.61 Å². The van der Waals surface area contributed by atoms with E-state index in [1.807, 2.05) is 59.3 Å². The molecule has 0 spiro atoms. The summed E-state index contributed by atoms with van der Waals surface area (Å²) in [5, 5.41) is 15.0. The summed E-state index contributed by atoms with van der Waals surface area (Å²) >= 11 is 12.3. The summed E-state index contributed by atoms with van der Waals surface area (Å²) < 4.78 is 12.9. The molecule has 1 aromatic heterocycles. The second-order valence-electron chi connectivity index (χ2n) is 7.21. The van der Waals surface area contributed by atoms with Gasteiger partial charge in [0.05, 0.1) is 25.0 Å².